The van der Waals surface area contributed by atoms with E-state index in [1.165, 1.54) is 5.69 Å². The van der Waals surface area contributed by atoms with E-state index in [0.717, 1.165) is 26.2 Å². The normalized spacial score (nSPS) is 16.5. The van der Waals surface area contributed by atoms with Crippen LogP contribution in [-0.2, 0) is 6.54 Å². The summed E-state index contributed by atoms with van der Waals surface area (Å²) in [7, 11) is 4.64. The highest BCUT2D eigenvalue weighted by Crippen LogP contribution is 2.42. The summed E-state index contributed by atoms with van der Waals surface area (Å²) in [6.07, 6.45) is 1.63. The second kappa shape index (κ2) is 10.4. The maximum absolute atomic E-state index is 13.2. The first-order chi connectivity index (χ1) is 18.0. The van der Waals surface area contributed by atoms with E-state index >= 15 is 0 Å². The van der Waals surface area contributed by atoms with Gasteiger partial charge >= 0.3 is 0 Å². The van der Waals surface area contributed by atoms with Crippen LogP contribution in [0.25, 0.3) is 6.08 Å². The monoisotopic (exact) mass is 502 g/mol. The van der Waals surface area contributed by atoms with Crippen molar-refractivity contribution in [2.75, 3.05) is 52.4 Å². The Kier molecular flexibility index (Phi) is 6.92. The standard InChI is InChI=1S/C29H30N2O6/c1-34-24-17-26(36-3)25(35-2)15-19(24)16-27-28(33)21-9-10-23(32)22(29(21)37-27)18-30-11-13-31(14-12-30)20-7-5-4-6-8-20/h4-10,15-17,32H,11-14,18H2,1-3H3/b27-16-. The third-order valence-electron chi connectivity index (χ3n) is 6.81. The number of piperazine rings is 1. The lowest BCUT2D eigenvalue weighted by Crippen LogP contribution is -2.46. The predicted octanol–water partition coefficient (Wildman–Crippen LogP) is 4.36. The molecule has 8 heteroatoms. The van der Waals surface area contributed by atoms with Gasteiger partial charge in [-0.1, -0.05) is 18.2 Å². The molecule has 0 amide bonds. The van der Waals surface area contributed by atoms with Gasteiger partial charge in [0.25, 0.3) is 0 Å². The van der Waals surface area contributed by atoms with Crippen LogP contribution in [0.2, 0.25) is 0 Å². The molecule has 0 unspecified atom stereocenters. The van der Waals surface area contributed by atoms with Crippen molar-refractivity contribution in [1.82, 2.24) is 4.90 Å². The highest BCUT2D eigenvalue weighted by Gasteiger charge is 2.32. The third-order valence-corrected chi connectivity index (χ3v) is 6.81. The number of phenols is 1. The second-order valence-corrected chi connectivity index (χ2v) is 8.93. The lowest BCUT2D eigenvalue weighted by Gasteiger charge is -2.36. The average Bonchev–Trinajstić information content (AvgIpc) is 3.25. The molecular formula is C29H30N2O6. The maximum atomic E-state index is 13.2. The zero-order valence-electron chi connectivity index (χ0n) is 21.2. The molecule has 0 radical (unpaired) electrons. The number of rotatable bonds is 7. The Balaban J connectivity index is 1.38. The lowest BCUT2D eigenvalue weighted by molar-refractivity contribution is 0.101. The molecule has 0 atom stereocenters. The number of carbonyl (C=O) groups excluding carboxylic acids is 1. The molecule has 0 spiro atoms. The Morgan fingerprint density at radius 2 is 1.57 bits per heavy atom. The molecule has 2 heterocycles. The Labute approximate surface area is 216 Å². The van der Waals surface area contributed by atoms with Crippen molar-refractivity contribution >= 4 is 17.5 Å². The summed E-state index contributed by atoms with van der Waals surface area (Å²) in [4.78, 5) is 17.9. The van der Waals surface area contributed by atoms with Crippen LogP contribution in [0.15, 0.2) is 60.4 Å². The third kappa shape index (κ3) is 4.80. The van der Waals surface area contributed by atoms with E-state index in [1.54, 1.807) is 51.7 Å². The predicted molar refractivity (Wildman–Crippen MR) is 141 cm³/mol. The van der Waals surface area contributed by atoms with Crippen LogP contribution in [0, 0.1) is 0 Å². The average molecular weight is 503 g/mol. The summed E-state index contributed by atoms with van der Waals surface area (Å²) in [5.41, 5.74) is 2.86. The van der Waals surface area contributed by atoms with E-state index < -0.39 is 0 Å². The fourth-order valence-electron chi connectivity index (χ4n) is 4.78. The van der Waals surface area contributed by atoms with E-state index in [9.17, 15) is 9.90 Å². The van der Waals surface area contributed by atoms with Gasteiger partial charge in [-0.2, -0.15) is 0 Å². The number of ether oxygens (including phenoxy) is 4. The van der Waals surface area contributed by atoms with Gasteiger partial charge in [-0.25, -0.2) is 0 Å². The number of Topliss-reactive ketones (excluding diaryl/α,β-unsaturated/α-hetero) is 1. The first-order valence-corrected chi connectivity index (χ1v) is 12.1. The number of hydrogen-bond acceptors (Lipinski definition) is 8. The fraction of sp³-hybridized carbons (Fsp3) is 0.276. The van der Waals surface area contributed by atoms with Crippen LogP contribution in [0.5, 0.6) is 28.7 Å². The van der Waals surface area contributed by atoms with Crippen LogP contribution < -0.4 is 23.8 Å². The molecule has 1 N–H and O–H groups in total. The number of methoxy groups -OCH3 is 3. The number of aromatic hydroxyl groups is 1. The molecule has 2 aliphatic heterocycles. The van der Waals surface area contributed by atoms with Crippen LogP contribution in [-0.4, -0.2) is 63.3 Å². The molecule has 3 aromatic rings. The van der Waals surface area contributed by atoms with Crippen molar-refractivity contribution in [1.29, 1.82) is 0 Å². The number of nitrogens with zero attached hydrogens (tertiary/aromatic N) is 2. The van der Waals surface area contributed by atoms with Crippen LogP contribution in [0.1, 0.15) is 21.5 Å². The molecule has 2 aliphatic rings. The largest absolute Gasteiger partial charge is 0.507 e. The summed E-state index contributed by atoms with van der Waals surface area (Å²) in [5.74, 6) is 1.96. The van der Waals surface area contributed by atoms with Crippen molar-refractivity contribution < 1.29 is 28.8 Å². The van der Waals surface area contributed by atoms with Crippen molar-refractivity contribution in [3.05, 3.63) is 77.0 Å². The minimum atomic E-state index is -0.248. The number of para-hydroxylation sites is 1. The molecule has 37 heavy (non-hydrogen) atoms. The molecule has 0 bridgehead atoms. The summed E-state index contributed by atoms with van der Waals surface area (Å²) >= 11 is 0. The molecule has 0 aliphatic carbocycles. The van der Waals surface area contributed by atoms with Gasteiger partial charge in [0.15, 0.2) is 17.3 Å². The first kappa shape index (κ1) is 24.5. The smallest absolute Gasteiger partial charge is 0.231 e. The quantitative estimate of drug-likeness (QED) is 0.478. The molecule has 8 nitrogen and oxygen atoms in total. The van der Waals surface area contributed by atoms with Crippen LogP contribution >= 0.6 is 0 Å². The number of hydrogen-bond donors (Lipinski definition) is 1. The summed E-state index contributed by atoms with van der Waals surface area (Å²) in [6.45, 7) is 3.90. The number of allylic oxidation sites excluding steroid dienone is 1. The van der Waals surface area contributed by atoms with Gasteiger partial charge in [0, 0.05) is 50.0 Å². The highest BCUT2D eigenvalue weighted by molar-refractivity contribution is 6.15. The Morgan fingerprint density at radius 1 is 0.892 bits per heavy atom. The van der Waals surface area contributed by atoms with E-state index in [0.29, 0.717) is 46.2 Å². The van der Waals surface area contributed by atoms with Gasteiger partial charge in [-0.3, -0.25) is 9.69 Å². The van der Waals surface area contributed by atoms with E-state index in [4.69, 9.17) is 18.9 Å². The van der Waals surface area contributed by atoms with Crippen LogP contribution in [0.4, 0.5) is 5.69 Å². The molecule has 3 aromatic carbocycles. The molecule has 0 aromatic heterocycles. The van der Waals surface area contributed by atoms with Crippen molar-refractivity contribution in [2.24, 2.45) is 0 Å². The van der Waals surface area contributed by atoms with E-state index in [2.05, 4.69) is 21.9 Å². The molecule has 1 saturated heterocycles. The van der Waals surface area contributed by atoms with Gasteiger partial charge in [-0.15, -0.1) is 0 Å². The first-order valence-electron chi connectivity index (χ1n) is 12.1. The minimum Gasteiger partial charge on any atom is -0.507 e. The van der Waals surface area contributed by atoms with Gasteiger partial charge in [-0.05, 0) is 36.4 Å². The van der Waals surface area contributed by atoms with Crippen molar-refractivity contribution in [3.63, 3.8) is 0 Å². The number of phenolic OH excluding ortho intramolecular Hbond substituents is 1. The van der Waals surface area contributed by atoms with Gasteiger partial charge in [0.1, 0.15) is 17.2 Å². The number of carbonyl (C=O) groups is 1. The van der Waals surface area contributed by atoms with Gasteiger partial charge in [0.05, 0.1) is 32.5 Å². The van der Waals surface area contributed by atoms with Gasteiger partial charge in [0.2, 0.25) is 5.78 Å². The number of ketones is 1. The molecule has 1 fully saturated rings. The molecule has 0 saturated carbocycles. The molecule has 5 rings (SSSR count). The van der Waals surface area contributed by atoms with Crippen LogP contribution in [0.3, 0.4) is 0 Å². The Morgan fingerprint density at radius 3 is 2.24 bits per heavy atom. The SMILES string of the molecule is COc1cc(OC)c(OC)cc1/C=C1\Oc2c(ccc(O)c2CN2CCN(c3ccccc3)CC2)C1=O. The van der Waals surface area contributed by atoms with Crippen molar-refractivity contribution in [2.45, 2.75) is 6.54 Å². The minimum absolute atomic E-state index is 0.113. The van der Waals surface area contributed by atoms with Gasteiger partial charge < -0.3 is 29.0 Å². The van der Waals surface area contributed by atoms with E-state index in [1.807, 2.05) is 18.2 Å². The lowest BCUT2D eigenvalue weighted by atomic mass is 10.0. The number of anilines is 1. The zero-order chi connectivity index (χ0) is 25.9. The fourth-order valence-corrected chi connectivity index (χ4v) is 4.78. The van der Waals surface area contributed by atoms with Crippen molar-refractivity contribution in [3.8, 4) is 28.7 Å². The number of benzene rings is 3. The number of fused-ring (bicyclic) bond motifs is 1. The summed E-state index contributed by atoms with van der Waals surface area (Å²) in [5, 5.41) is 10.7. The maximum Gasteiger partial charge on any atom is 0.231 e. The topological polar surface area (TPSA) is 80.7 Å². The molecule has 192 valence electrons. The second-order valence-electron chi connectivity index (χ2n) is 8.93. The summed E-state index contributed by atoms with van der Waals surface area (Å²) in [6, 6.07) is 16.9. The Bertz CT molecular complexity index is 1330. The molecular weight excluding hydrogens is 472 g/mol. The summed E-state index contributed by atoms with van der Waals surface area (Å²) < 4.78 is 22.3. The Hall–Kier alpha value is -4.17. The highest BCUT2D eigenvalue weighted by atomic mass is 16.5. The van der Waals surface area contributed by atoms with E-state index in [-0.39, 0.29) is 17.3 Å². The zero-order valence-corrected chi connectivity index (χ0v) is 21.2.